The van der Waals surface area contributed by atoms with Gasteiger partial charge in [0.1, 0.15) is 0 Å². The summed E-state index contributed by atoms with van der Waals surface area (Å²) in [6.45, 7) is 1.78. The molecule has 1 aliphatic rings. The fourth-order valence-electron chi connectivity index (χ4n) is 2.24. The summed E-state index contributed by atoms with van der Waals surface area (Å²) in [6.07, 6.45) is 6.32. The van der Waals surface area contributed by atoms with Crippen molar-refractivity contribution >= 4 is 28.1 Å². The number of hydrogen-bond donors (Lipinski definition) is 0. The normalized spacial score (nSPS) is 18.1. The van der Waals surface area contributed by atoms with Crippen LogP contribution in [-0.4, -0.2) is 22.8 Å². The number of halogens is 1. The molecule has 3 rings (SSSR count). The lowest BCUT2D eigenvalue weighted by Crippen LogP contribution is -2.14. The standard InChI is InChI=1S/C12H13IN2O/c13-11-7-14-15-8-10(1-2-12(11)15)9-3-5-16-6-4-9/h1-2,7-9H,3-6H2. The first-order valence-electron chi connectivity index (χ1n) is 5.55. The molecule has 1 fully saturated rings. The molecule has 0 spiro atoms. The molecular formula is C12H13IN2O. The van der Waals surface area contributed by atoms with E-state index >= 15 is 0 Å². The van der Waals surface area contributed by atoms with E-state index in [1.807, 2.05) is 10.7 Å². The molecule has 2 aromatic rings. The molecule has 0 N–H and O–H groups in total. The molecule has 4 heteroatoms. The summed E-state index contributed by atoms with van der Waals surface area (Å²) < 4.78 is 8.57. The highest BCUT2D eigenvalue weighted by atomic mass is 127. The van der Waals surface area contributed by atoms with Crippen molar-refractivity contribution in [1.82, 2.24) is 9.61 Å². The summed E-state index contributed by atoms with van der Waals surface area (Å²) in [7, 11) is 0. The van der Waals surface area contributed by atoms with Gasteiger partial charge in [0, 0.05) is 19.4 Å². The number of aromatic nitrogens is 2. The fourth-order valence-corrected chi connectivity index (χ4v) is 2.79. The lowest BCUT2D eigenvalue weighted by Gasteiger charge is -2.22. The Morgan fingerprint density at radius 3 is 2.94 bits per heavy atom. The van der Waals surface area contributed by atoms with E-state index in [1.165, 1.54) is 14.7 Å². The second kappa shape index (κ2) is 4.33. The van der Waals surface area contributed by atoms with Gasteiger partial charge in [-0.15, -0.1) is 0 Å². The first-order valence-corrected chi connectivity index (χ1v) is 6.63. The van der Waals surface area contributed by atoms with Crippen molar-refractivity contribution in [2.24, 2.45) is 0 Å². The monoisotopic (exact) mass is 328 g/mol. The highest BCUT2D eigenvalue weighted by molar-refractivity contribution is 14.1. The van der Waals surface area contributed by atoms with Gasteiger partial charge in [-0.25, -0.2) is 4.52 Å². The lowest BCUT2D eigenvalue weighted by atomic mass is 9.93. The van der Waals surface area contributed by atoms with E-state index < -0.39 is 0 Å². The average Bonchev–Trinajstić information content (AvgIpc) is 2.72. The number of ether oxygens (including phenoxy) is 1. The Labute approximate surface area is 108 Å². The molecule has 0 radical (unpaired) electrons. The summed E-state index contributed by atoms with van der Waals surface area (Å²) in [5, 5.41) is 4.35. The number of hydrogen-bond acceptors (Lipinski definition) is 2. The molecular weight excluding hydrogens is 315 g/mol. The second-order valence-corrected chi connectivity index (χ2v) is 5.33. The molecule has 0 unspecified atom stereocenters. The van der Waals surface area contributed by atoms with Gasteiger partial charge in [-0.2, -0.15) is 5.10 Å². The minimum atomic E-state index is 0.639. The maximum Gasteiger partial charge on any atom is 0.0795 e. The van der Waals surface area contributed by atoms with Gasteiger partial charge in [0.2, 0.25) is 0 Å². The highest BCUT2D eigenvalue weighted by Gasteiger charge is 2.16. The number of nitrogens with zero attached hydrogens (tertiary/aromatic N) is 2. The third kappa shape index (κ3) is 1.84. The predicted molar refractivity (Wildman–Crippen MR) is 70.7 cm³/mol. The maximum atomic E-state index is 5.39. The SMILES string of the molecule is Ic1cnn2cc(C3CCOCC3)ccc12. The average molecular weight is 328 g/mol. The van der Waals surface area contributed by atoms with Crippen molar-refractivity contribution in [3.63, 3.8) is 0 Å². The van der Waals surface area contributed by atoms with Crippen molar-refractivity contribution in [3.05, 3.63) is 33.7 Å². The quantitative estimate of drug-likeness (QED) is 0.753. The van der Waals surface area contributed by atoms with Crippen molar-refractivity contribution in [1.29, 1.82) is 0 Å². The van der Waals surface area contributed by atoms with Crippen LogP contribution in [0.5, 0.6) is 0 Å². The van der Waals surface area contributed by atoms with Gasteiger partial charge in [0.15, 0.2) is 0 Å². The van der Waals surface area contributed by atoms with E-state index in [9.17, 15) is 0 Å². The molecule has 0 aliphatic carbocycles. The zero-order chi connectivity index (χ0) is 11.0. The molecule has 0 aromatic carbocycles. The van der Waals surface area contributed by atoms with Crippen LogP contribution in [0.3, 0.4) is 0 Å². The van der Waals surface area contributed by atoms with E-state index in [-0.39, 0.29) is 0 Å². The van der Waals surface area contributed by atoms with E-state index in [2.05, 4.69) is 46.0 Å². The second-order valence-electron chi connectivity index (χ2n) is 4.17. The van der Waals surface area contributed by atoms with E-state index in [4.69, 9.17) is 4.74 Å². The summed E-state index contributed by atoms with van der Waals surface area (Å²) in [5.74, 6) is 0.639. The number of pyridine rings is 1. The van der Waals surface area contributed by atoms with Crippen LogP contribution in [0.25, 0.3) is 5.52 Å². The summed E-state index contributed by atoms with van der Waals surface area (Å²) in [4.78, 5) is 0. The van der Waals surface area contributed by atoms with Gasteiger partial charge in [0.25, 0.3) is 0 Å². The first-order chi connectivity index (χ1) is 7.84. The van der Waals surface area contributed by atoms with Gasteiger partial charge in [0.05, 0.1) is 15.3 Å². The Bertz CT molecular complexity index is 503. The lowest BCUT2D eigenvalue weighted by molar-refractivity contribution is 0.0852. The van der Waals surface area contributed by atoms with Gasteiger partial charge in [-0.05, 0) is 53.0 Å². The Hall–Kier alpha value is -0.620. The van der Waals surface area contributed by atoms with Crippen LogP contribution in [0, 0.1) is 3.57 Å². The largest absolute Gasteiger partial charge is 0.381 e. The smallest absolute Gasteiger partial charge is 0.0795 e. The van der Waals surface area contributed by atoms with E-state index in [0.29, 0.717) is 5.92 Å². The first kappa shape index (κ1) is 10.5. The van der Waals surface area contributed by atoms with E-state index in [1.54, 1.807) is 0 Å². The van der Waals surface area contributed by atoms with Gasteiger partial charge < -0.3 is 4.74 Å². The Kier molecular flexibility index (Phi) is 2.85. The molecule has 0 atom stereocenters. The Morgan fingerprint density at radius 1 is 1.31 bits per heavy atom. The van der Waals surface area contributed by atoms with E-state index in [0.717, 1.165) is 26.1 Å². The Balaban J connectivity index is 1.97. The molecule has 2 aromatic heterocycles. The van der Waals surface area contributed by atoms with Crippen LogP contribution in [-0.2, 0) is 4.74 Å². The zero-order valence-electron chi connectivity index (χ0n) is 8.90. The minimum absolute atomic E-state index is 0.639. The van der Waals surface area contributed by atoms with Crippen molar-refractivity contribution in [2.45, 2.75) is 18.8 Å². The zero-order valence-corrected chi connectivity index (χ0v) is 11.1. The molecule has 3 nitrogen and oxygen atoms in total. The molecule has 84 valence electrons. The molecule has 0 saturated carbocycles. The fraction of sp³-hybridized carbons (Fsp3) is 0.417. The third-order valence-electron chi connectivity index (χ3n) is 3.18. The van der Waals surface area contributed by atoms with Crippen LogP contribution in [0.15, 0.2) is 24.5 Å². The van der Waals surface area contributed by atoms with Gasteiger partial charge in [-0.1, -0.05) is 6.07 Å². The van der Waals surface area contributed by atoms with Crippen LogP contribution in [0.4, 0.5) is 0 Å². The maximum absolute atomic E-state index is 5.39. The molecule has 1 saturated heterocycles. The van der Waals surface area contributed by atoms with Crippen LogP contribution < -0.4 is 0 Å². The van der Waals surface area contributed by atoms with Crippen molar-refractivity contribution in [3.8, 4) is 0 Å². The molecule has 3 heterocycles. The Morgan fingerprint density at radius 2 is 2.12 bits per heavy atom. The molecule has 0 bridgehead atoms. The summed E-state index contributed by atoms with van der Waals surface area (Å²) >= 11 is 2.32. The van der Waals surface area contributed by atoms with Crippen LogP contribution >= 0.6 is 22.6 Å². The summed E-state index contributed by atoms with van der Waals surface area (Å²) in [6, 6.07) is 4.40. The molecule has 16 heavy (non-hydrogen) atoms. The van der Waals surface area contributed by atoms with Crippen LogP contribution in [0.1, 0.15) is 24.3 Å². The third-order valence-corrected chi connectivity index (χ3v) is 4.02. The predicted octanol–water partition coefficient (Wildman–Crippen LogP) is 2.83. The van der Waals surface area contributed by atoms with Gasteiger partial charge >= 0.3 is 0 Å². The number of fused-ring (bicyclic) bond motifs is 1. The van der Waals surface area contributed by atoms with Crippen LogP contribution in [0.2, 0.25) is 0 Å². The topological polar surface area (TPSA) is 26.5 Å². The molecule has 0 amide bonds. The minimum Gasteiger partial charge on any atom is -0.381 e. The van der Waals surface area contributed by atoms with Gasteiger partial charge in [-0.3, -0.25) is 0 Å². The number of rotatable bonds is 1. The van der Waals surface area contributed by atoms with Crippen molar-refractivity contribution < 1.29 is 4.74 Å². The summed E-state index contributed by atoms with van der Waals surface area (Å²) in [5.41, 5.74) is 2.58. The highest BCUT2D eigenvalue weighted by Crippen LogP contribution is 2.27. The molecule has 1 aliphatic heterocycles. The van der Waals surface area contributed by atoms with Crippen molar-refractivity contribution in [2.75, 3.05) is 13.2 Å².